The number of nitrogens with one attached hydrogen (secondary N) is 1. The minimum atomic E-state index is 0. The Morgan fingerprint density at radius 1 is 1.03 bits per heavy atom. The minimum absolute atomic E-state index is 0. The molecule has 1 aliphatic heterocycles. The molecule has 1 N–H and O–H groups in total. The van der Waals surface area contributed by atoms with Crippen LogP contribution in [0.2, 0.25) is 0 Å². The van der Waals surface area contributed by atoms with E-state index in [-0.39, 0.29) is 43.0 Å². The average molecular weight is 493 g/mol. The number of carbonyl (C=O) groups excluding carboxylic acids is 1. The van der Waals surface area contributed by atoms with Crippen molar-refractivity contribution < 1.29 is 9.53 Å². The van der Waals surface area contributed by atoms with Crippen molar-refractivity contribution in [1.29, 1.82) is 0 Å². The van der Waals surface area contributed by atoms with Gasteiger partial charge in [0.1, 0.15) is 5.75 Å². The van der Waals surface area contributed by atoms with Gasteiger partial charge in [-0.3, -0.25) is 9.69 Å². The number of Topliss-reactive ketones (excluding diaryl/α,β-unsaturated/α-hetero) is 1. The molecule has 0 spiro atoms. The second-order valence-corrected chi connectivity index (χ2v) is 7.08. The van der Waals surface area contributed by atoms with Crippen LogP contribution in [0.3, 0.4) is 0 Å². The fourth-order valence-electron chi connectivity index (χ4n) is 3.73. The van der Waals surface area contributed by atoms with Crippen molar-refractivity contribution in [3.63, 3.8) is 0 Å². The number of para-hydroxylation sites is 2. The van der Waals surface area contributed by atoms with Crippen LogP contribution >= 0.6 is 37.2 Å². The van der Waals surface area contributed by atoms with Crippen molar-refractivity contribution in [3.8, 4) is 5.75 Å². The van der Waals surface area contributed by atoms with Crippen molar-refractivity contribution >= 4 is 54.6 Å². The predicted octanol–water partition coefficient (Wildman–Crippen LogP) is 3.80. The third-order valence-electron chi connectivity index (χ3n) is 5.13. The van der Waals surface area contributed by atoms with Gasteiger partial charge in [0.15, 0.2) is 5.78 Å². The second kappa shape index (κ2) is 13.6. The third kappa shape index (κ3) is 7.38. The van der Waals surface area contributed by atoms with Crippen LogP contribution in [0.1, 0.15) is 28.7 Å². The number of rotatable bonds is 7. The van der Waals surface area contributed by atoms with Gasteiger partial charge in [-0.25, -0.2) is 9.97 Å². The second-order valence-electron chi connectivity index (χ2n) is 7.08. The molecule has 0 bridgehead atoms. The van der Waals surface area contributed by atoms with E-state index in [1.807, 2.05) is 26.0 Å². The van der Waals surface area contributed by atoms with Crippen molar-refractivity contribution in [2.24, 2.45) is 0 Å². The summed E-state index contributed by atoms with van der Waals surface area (Å²) in [5.41, 5.74) is 3.24. The number of ketones is 1. The molecule has 0 aliphatic carbocycles. The Hall–Kier alpha value is -1.80. The van der Waals surface area contributed by atoms with Crippen molar-refractivity contribution in [2.75, 3.05) is 56.6 Å². The van der Waals surface area contributed by atoms with Gasteiger partial charge in [0.2, 0.25) is 5.95 Å². The van der Waals surface area contributed by atoms with Gasteiger partial charge in [-0.05, 0) is 32.9 Å². The number of nitrogens with zero attached hydrogens (tertiary/aromatic N) is 4. The number of methoxy groups -OCH3 is 1. The molecule has 31 heavy (non-hydrogen) atoms. The van der Waals surface area contributed by atoms with Crippen LogP contribution in [-0.4, -0.2) is 67.0 Å². The molecule has 7 nitrogen and oxygen atoms in total. The smallest absolute Gasteiger partial charge is 0.223 e. The van der Waals surface area contributed by atoms with Crippen LogP contribution in [0.25, 0.3) is 0 Å². The van der Waals surface area contributed by atoms with E-state index in [0.29, 0.717) is 11.5 Å². The summed E-state index contributed by atoms with van der Waals surface area (Å²) in [6, 6.07) is 8.17. The summed E-state index contributed by atoms with van der Waals surface area (Å²) >= 11 is 0. The van der Waals surface area contributed by atoms with Crippen LogP contribution in [0.5, 0.6) is 5.75 Å². The summed E-state index contributed by atoms with van der Waals surface area (Å²) in [7, 11) is 1.72. The van der Waals surface area contributed by atoms with Gasteiger partial charge in [-0.15, -0.1) is 37.2 Å². The summed E-state index contributed by atoms with van der Waals surface area (Å²) in [5, 5.41) is 3.29. The first-order valence-corrected chi connectivity index (χ1v) is 9.70. The molecule has 0 saturated carbocycles. The summed E-state index contributed by atoms with van der Waals surface area (Å²) in [6.07, 6.45) is 0. The number of hydrogen-bond donors (Lipinski definition) is 1. The van der Waals surface area contributed by atoms with E-state index in [0.717, 1.165) is 62.1 Å². The van der Waals surface area contributed by atoms with E-state index in [4.69, 9.17) is 4.74 Å². The zero-order valence-electron chi connectivity index (χ0n) is 18.4. The number of piperazine rings is 1. The fraction of sp³-hybridized carbons (Fsp3) is 0.476. The van der Waals surface area contributed by atoms with Crippen LogP contribution in [0, 0.1) is 13.8 Å². The number of carbonyl (C=O) groups is 1. The highest BCUT2D eigenvalue weighted by molar-refractivity contribution is 5.96. The van der Waals surface area contributed by atoms with E-state index in [1.54, 1.807) is 14.0 Å². The molecule has 1 saturated heterocycles. The Kier molecular flexibility index (Phi) is 12.8. The first kappa shape index (κ1) is 29.2. The fourth-order valence-corrected chi connectivity index (χ4v) is 3.73. The van der Waals surface area contributed by atoms with Crippen LogP contribution in [0.15, 0.2) is 24.3 Å². The molecule has 0 atom stereocenters. The Morgan fingerprint density at radius 3 is 2.16 bits per heavy atom. The summed E-state index contributed by atoms with van der Waals surface area (Å²) in [4.78, 5) is 25.3. The molecule has 1 aliphatic rings. The molecule has 0 unspecified atom stereocenters. The molecule has 3 rings (SSSR count). The molecule has 0 amide bonds. The van der Waals surface area contributed by atoms with Gasteiger partial charge in [0, 0.05) is 39.3 Å². The summed E-state index contributed by atoms with van der Waals surface area (Å²) < 4.78 is 5.48. The molecule has 174 valence electrons. The van der Waals surface area contributed by atoms with E-state index in [9.17, 15) is 4.79 Å². The zero-order valence-corrected chi connectivity index (χ0v) is 20.8. The molecule has 1 aromatic heterocycles. The van der Waals surface area contributed by atoms with E-state index in [2.05, 4.69) is 37.2 Å². The lowest BCUT2D eigenvalue weighted by molar-refractivity contribution is 0.101. The third-order valence-corrected chi connectivity index (χ3v) is 5.13. The van der Waals surface area contributed by atoms with Gasteiger partial charge in [0.05, 0.1) is 29.7 Å². The van der Waals surface area contributed by atoms with Crippen molar-refractivity contribution in [2.45, 2.75) is 20.8 Å². The Bertz CT molecular complexity index is 823. The van der Waals surface area contributed by atoms with Crippen LogP contribution in [0.4, 0.5) is 11.6 Å². The maximum absolute atomic E-state index is 11.7. The molecule has 0 radical (unpaired) electrons. The number of aromatic nitrogens is 2. The molecule has 2 aromatic rings. The molecule has 2 heterocycles. The Balaban J connectivity index is 0.00000300. The van der Waals surface area contributed by atoms with Gasteiger partial charge in [-0.1, -0.05) is 12.1 Å². The van der Waals surface area contributed by atoms with Crippen molar-refractivity contribution in [1.82, 2.24) is 14.9 Å². The van der Waals surface area contributed by atoms with Crippen molar-refractivity contribution in [3.05, 3.63) is 41.2 Å². The lowest BCUT2D eigenvalue weighted by Crippen LogP contribution is -2.47. The first-order chi connectivity index (χ1) is 13.5. The van der Waals surface area contributed by atoms with E-state index >= 15 is 0 Å². The SMILES string of the molecule is COc1ccccc1N1CCN(CCNc2nc(C)c(C(C)=O)c(C)n2)CC1.Cl.Cl.Cl. The van der Waals surface area contributed by atoms with Gasteiger partial charge >= 0.3 is 0 Å². The number of aryl methyl sites for hydroxylation is 2. The highest BCUT2D eigenvalue weighted by Gasteiger charge is 2.19. The molecular weight excluding hydrogens is 461 g/mol. The molecule has 1 aromatic carbocycles. The summed E-state index contributed by atoms with van der Waals surface area (Å²) in [5.74, 6) is 1.52. The van der Waals surface area contributed by atoms with Gasteiger partial charge in [-0.2, -0.15) is 0 Å². The maximum Gasteiger partial charge on any atom is 0.223 e. The quantitative estimate of drug-likeness (QED) is 0.589. The number of ether oxygens (including phenoxy) is 1. The number of hydrogen-bond acceptors (Lipinski definition) is 7. The lowest BCUT2D eigenvalue weighted by atomic mass is 10.1. The van der Waals surface area contributed by atoms with Crippen LogP contribution < -0.4 is 15.0 Å². The van der Waals surface area contributed by atoms with Gasteiger partial charge in [0.25, 0.3) is 0 Å². The predicted molar refractivity (Wildman–Crippen MR) is 133 cm³/mol. The highest BCUT2D eigenvalue weighted by Crippen LogP contribution is 2.28. The number of benzene rings is 1. The van der Waals surface area contributed by atoms with E-state index in [1.165, 1.54) is 0 Å². The first-order valence-electron chi connectivity index (χ1n) is 9.70. The zero-order chi connectivity index (χ0) is 20.1. The monoisotopic (exact) mass is 491 g/mol. The van der Waals surface area contributed by atoms with Crippen LogP contribution in [-0.2, 0) is 0 Å². The number of anilines is 2. The minimum Gasteiger partial charge on any atom is -0.495 e. The topological polar surface area (TPSA) is 70.6 Å². The maximum atomic E-state index is 11.7. The average Bonchev–Trinajstić information content (AvgIpc) is 2.67. The number of halogens is 3. The molecule has 10 heteroatoms. The largest absolute Gasteiger partial charge is 0.495 e. The highest BCUT2D eigenvalue weighted by atomic mass is 35.5. The van der Waals surface area contributed by atoms with E-state index < -0.39 is 0 Å². The summed E-state index contributed by atoms with van der Waals surface area (Å²) in [6.45, 7) is 10.9. The normalized spacial score (nSPS) is 13.4. The lowest BCUT2D eigenvalue weighted by Gasteiger charge is -2.36. The molecular formula is C21H32Cl3N5O2. The van der Waals surface area contributed by atoms with Gasteiger partial charge < -0.3 is 15.0 Å². The Morgan fingerprint density at radius 2 is 1.61 bits per heavy atom. The Labute approximate surface area is 203 Å². The standard InChI is InChI=1S/C21H29N5O2.3ClH/c1-15-20(17(3)27)16(2)24-21(23-15)22-9-10-25-11-13-26(14-12-25)18-7-5-6-8-19(18)28-4;;;/h5-8H,9-14H2,1-4H3,(H,22,23,24);3*1H. The molecule has 1 fully saturated rings.